The lowest BCUT2D eigenvalue weighted by Crippen LogP contribution is -1.87. The Morgan fingerprint density at radius 2 is 1.77 bits per heavy atom. The molecule has 1 aromatic carbocycles. The van der Waals surface area contributed by atoms with E-state index in [1.54, 1.807) is 12.3 Å². The summed E-state index contributed by atoms with van der Waals surface area (Å²) in [5.41, 5.74) is 3.98. The zero-order chi connectivity index (χ0) is 16.1. The van der Waals surface area contributed by atoms with Gasteiger partial charge in [0.25, 0.3) is 0 Å². The molecule has 0 amide bonds. The molecule has 2 rings (SSSR count). The summed E-state index contributed by atoms with van der Waals surface area (Å²) in [7, 11) is -0.970. The molecule has 0 radical (unpaired) electrons. The maximum absolute atomic E-state index is 13.5. The largest absolute Gasteiger partial charge is 0.255 e. The van der Waals surface area contributed by atoms with Gasteiger partial charge in [-0.3, -0.25) is 4.21 Å². The number of rotatable bonds is 2. The van der Waals surface area contributed by atoms with E-state index in [-0.39, 0.29) is 5.83 Å². The molecule has 1 unspecified atom stereocenters. The Hall–Kier alpha value is -2.00. The normalized spacial score (nSPS) is 25.8. The zero-order valence-electron chi connectivity index (χ0n) is 13.0. The minimum absolute atomic E-state index is 0.256. The predicted molar refractivity (Wildman–Crippen MR) is 92.6 cm³/mol. The number of halogens is 1. The summed E-state index contributed by atoms with van der Waals surface area (Å²) < 4.78 is 24.9. The first-order valence-electron chi connectivity index (χ1n) is 7.02. The summed E-state index contributed by atoms with van der Waals surface area (Å²) in [5.74, 6) is -0.256. The second kappa shape index (κ2) is 7.32. The first kappa shape index (κ1) is 16.4. The lowest BCUT2D eigenvalue weighted by molar-refractivity contribution is 0.666. The number of hydrogen-bond acceptors (Lipinski definition) is 1. The third-order valence-electron chi connectivity index (χ3n) is 3.33. The van der Waals surface area contributed by atoms with Crippen molar-refractivity contribution in [3.63, 3.8) is 0 Å². The van der Waals surface area contributed by atoms with Gasteiger partial charge in [-0.2, -0.15) is 0 Å². The molecule has 0 fully saturated rings. The average molecular weight is 314 g/mol. The van der Waals surface area contributed by atoms with Crippen LogP contribution in [0.25, 0.3) is 6.08 Å². The molecule has 0 N–H and O–H groups in total. The highest BCUT2D eigenvalue weighted by Gasteiger charge is 2.02. The third-order valence-corrected chi connectivity index (χ3v) is 4.27. The average Bonchev–Trinajstić information content (AvgIpc) is 2.50. The molecule has 1 nitrogen and oxygen atoms in total. The lowest BCUT2D eigenvalue weighted by atomic mass is 10.0. The van der Waals surface area contributed by atoms with Crippen molar-refractivity contribution in [1.82, 2.24) is 0 Å². The molecule has 0 saturated heterocycles. The summed E-state index contributed by atoms with van der Waals surface area (Å²) >= 11 is 0. The van der Waals surface area contributed by atoms with E-state index in [1.807, 2.05) is 56.3 Å². The molecule has 0 bridgehead atoms. The van der Waals surface area contributed by atoms with Crippen molar-refractivity contribution < 1.29 is 8.60 Å². The summed E-state index contributed by atoms with van der Waals surface area (Å²) in [6.45, 7) is 3.89. The van der Waals surface area contributed by atoms with E-state index in [4.69, 9.17) is 0 Å². The maximum Gasteiger partial charge on any atom is 0.123 e. The second-order valence-electron chi connectivity index (χ2n) is 5.25. The van der Waals surface area contributed by atoms with Crippen molar-refractivity contribution in [2.45, 2.75) is 18.7 Å². The number of hydrogen-bond donors (Lipinski definition) is 0. The van der Waals surface area contributed by atoms with E-state index in [9.17, 15) is 8.60 Å². The van der Waals surface area contributed by atoms with E-state index in [2.05, 4.69) is 0 Å². The van der Waals surface area contributed by atoms with Crippen LogP contribution in [0, 0.1) is 0 Å². The Morgan fingerprint density at radius 1 is 1.09 bits per heavy atom. The van der Waals surface area contributed by atoms with Gasteiger partial charge in [0.15, 0.2) is 0 Å². The van der Waals surface area contributed by atoms with Crippen LogP contribution >= 0.6 is 0 Å². The first-order chi connectivity index (χ1) is 10.5. The van der Waals surface area contributed by atoms with Crippen LogP contribution in [0.1, 0.15) is 19.4 Å². The van der Waals surface area contributed by atoms with Gasteiger partial charge in [-0.15, -0.1) is 0 Å². The van der Waals surface area contributed by atoms with Crippen molar-refractivity contribution in [2.75, 3.05) is 6.26 Å². The van der Waals surface area contributed by atoms with Gasteiger partial charge in [0, 0.05) is 22.0 Å². The van der Waals surface area contributed by atoms with Crippen LogP contribution in [0.2, 0.25) is 0 Å². The van der Waals surface area contributed by atoms with Gasteiger partial charge in [0.05, 0.1) is 0 Å². The van der Waals surface area contributed by atoms with Gasteiger partial charge in [0.1, 0.15) is 5.83 Å². The van der Waals surface area contributed by atoms with Gasteiger partial charge < -0.3 is 0 Å². The van der Waals surface area contributed by atoms with Crippen molar-refractivity contribution in [3.8, 4) is 0 Å². The third kappa shape index (κ3) is 4.50. The van der Waals surface area contributed by atoms with E-state index in [1.165, 1.54) is 12.2 Å². The zero-order valence-corrected chi connectivity index (χ0v) is 13.8. The molecular weight excluding hydrogens is 295 g/mol. The molecule has 0 aromatic heterocycles. The van der Waals surface area contributed by atoms with Crippen molar-refractivity contribution in [3.05, 3.63) is 82.8 Å². The maximum atomic E-state index is 13.5. The molecule has 1 aliphatic carbocycles. The molecular formula is C19H19FOS. The van der Waals surface area contributed by atoms with Gasteiger partial charge in [-0.05, 0) is 66.5 Å². The minimum atomic E-state index is -0.970. The molecule has 0 spiro atoms. The quantitative estimate of drug-likeness (QED) is 0.740. The van der Waals surface area contributed by atoms with Crippen molar-refractivity contribution >= 4 is 16.9 Å². The molecule has 22 heavy (non-hydrogen) atoms. The molecule has 1 aromatic rings. The second-order valence-corrected chi connectivity index (χ2v) is 6.63. The molecule has 1 atom stereocenters. The van der Waals surface area contributed by atoms with Crippen LogP contribution in [0.4, 0.5) is 4.39 Å². The van der Waals surface area contributed by atoms with Crippen LogP contribution in [-0.2, 0) is 10.8 Å². The highest BCUT2D eigenvalue weighted by atomic mass is 32.2. The van der Waals surface area contributed by atoms with Gasteiger partial charge >= 0.3 is 0 Å². The Kier molecular flexibility index (Phi) is 5.45. The molecule has 0 saturated carbocycles. The summed E-state index contributed by atoms with van der Waals surface area (Å²) in [4.78, 5) is 0.809. The Balaban J connectivity index is 2.40. The van der Waals surface area contributed by atoms with E-state index < -0.39 is 10.8 Å². The van der Waals surface area contributed by atoms with Gasteiger partial charge in [0.2, 0.25) is 0 Å². The fourth-order valence-corrected chi connectivity index (χ4v) is 2.72. The summed E-state index contributed by atoms with van der Waals surface area (Å²) in [6.07, 6.45) is 12.2. The highest BCUT2D eigenvalue weighted by molar-refractivity contribution is 7.84. The Morgan fingerprint density at radius 3 is 2.41 bits per heavy atom. The van der Waals surface area contributed by atoms with Crippen LogP contribution in [0.3, 0.4) is 0 Å². The van der Waals surface area contributed by atoms with Crippen LogP contribution in [-0.4, -0.2) is 10.5 Å². The standard InChI is InChI=1S/C19H19FOS/c1-14-11-15(2)17(5-4-6-18(20)12-14)13-16-7-9-19(10-8-16)22(3)21/h4-13H,1-3H3/b5-4?,14-12+,15-11-,17-13?,18-6+. The van der Waals surface area contributed by atoms with E-state index in [0.29, 0.717) is 0 Å². The molecule has 3 heteroatoms. The molecule has 0 aliphatic heterocycles. The van der Waals surface area contributed by atoms with Gasteiger partial charge in [-0.1, -0.05) is 30.4 Å². The Bertz CT molecular complexity index is 731. The van der Waals surface area contributed by atoms with Crippen molar-refractivity contribution in [2.24, 2.45) is 0 Å². The SMILES string of the molecule is C/C1=C/C(C)=C/C(F)=C\C=CC1=Cc1ccc(S(C)=O)cc1. The summed E-state index contributed by atoms with van der Waals surface area (Å²) in [6, 6.07) is 7.61. The highest BCUT2D eigenvalue weighted by Crippen LogP contribution is 2.21. The smallest absolute Gasteiger partial charge is 0.123 e. The topological polar surface area (TPSA) is 17.1 Å². The van der Waals surface area contributed by atoms with E-state index >= 15 is 0 Å². The van der Waals surface area contributed by atoms with Crippen LogP contribution < -0.4 is 0 Å². The number of allylic oxidation sites excluding steroid dienone is 9. The number of benzene rings is 1. The van der Waals surface area contributed by atoms with Crippen LogP contribution in [0.5, 0.6) is 0 Å². The lowest BCUT2D eigenvalue weighted by Gasteiger charge is -2.04. The fourth-order valence-electron chi connectivity index (χ4n) is 2.20. The predicted octanol–water partition coefficient (Wildman–Crippen LogP) is 5.12. The van der Waals surface area contributed by atoms with Gasteiger partial charge in [-0.25, -0.2) is 4.39 Å². The molecule has 1 aliphatic rings. The minimum Gasteiger partial charge on any atom is -0.255 e. The van der Waals surface area contributed by atoms with E-state index in [0.717, 1.165) is 27.2 Å². The fraction of sp³-hybridized carbons (Fsp3) is 0.158. The molecule has 114 valence electrons. The monoisotopic (exact) mass is 314 g/mol. The first-order valence-corrected chi connectivity index (χ1v) is 8.57. The van der Waals surface area contributed by atoms with Crippen LogP contribution in [0.15, 0.2) is 82.1 Å². The Labute approximate surface area is 133 Å². The molecule has 0 heterocycles. The summed E-state index contributed by atoms with van der Waals surface area (Å²) in [5, 5.41) is 0. The van der Waals surface area contributed by atoms with Crippen molar-refractivity contribution in [1.29, 1.82) is 0 Å².